The van der Waals surface area contributed by atoms with Gasteiger partial charge in [0.1, 0.15) is 24.7 Å². The molecular formula is C22H21N3O7S. The lowest BCUT2D eigenvalue weighted by Crippen LogP contribution is -2.41. The maximum absolute atomic E-state index is 12.8. The summed E-state index contributed by atoms with van der Waals surface area (Å²) in [5.74, 6) is 0.657. The first-order valence-corrected chi connectivity index (χ1v) is 11.4. The van der Waals surface area contributed by atoms with Crippen LogP contribution >= 0.6 is 0 Å². The Kier molecular flexibility index (Phi) is 5.97. The minimum Gasteiger partial charge on any atom is -0.486 e. The second-order valence-electron chi connectivity index (χ2n) is 7.23. The van der Waals surface area contributed by atoms with Gasteiger partial charge < -0.3 is 13.9 Å². The van der Waals surface area contributed by atoms with Crippen molar-refractivity contribution in [1.82, 2.24) is 10.9 Å². The molecule has 0 saturated carbocycles. The molecule has 3 aromatic rings. The zero-order chi connectivity index (χ0) is 23.6. The number of carbonyl (C=O) groups is 2. The van der Waals surface area contributed by atoms with Crippen LogP contribution in [0.3, 0.4) is 0 Å². The minimum absolute atomic E-state index is 0.0142. The van der Waals surface area contributed by atoms with Gasteiger partial charge in [-0.25, -0.2) is 8.42 Å². The molecule has 0 radical (unpaired) electrons. The third kappa shape index (κ3) is 4.93. The Hall–Kier alpha value is -3.99. The van der Waals surface area contributed by atoms with Crippen LogP contribution in [0.5, 0.6) is 11.5 Å². The fourth-order valence-corrected chi connectivity index (χ4v) is 4.30. The topological polar surface area (TPSA) is 136 Å². The Morgan fingerprint density at radius 2 is 1.61 bits per heavy atom. The summed E-state index contributed by atoms with van der Waals surface area (Å²) in [6, 6.07) is 11.7. The number of carbonyl (C=O) groups excluding carboxylic acids is 2. The molecule has 11 heteroatoms. The van der Waals surface area contributed by atoms with E-state index < -0.39 is 21.8 Å². The maximum Gasteiger partial charge on any atom is 0.273 e. The summed E-state index contributed by atoms with van der Waals surface area (Å²) in [5, 5.41) is 0. The van der Waals surface area contributed by atoms with Crippen LogP contribution in [0.25, 0.3) is 0 Å². The molecule has 0 saturated heterocycles. The second-order valence-corrected chi connectivity index (χ2v) is 8.91. The lowest BCUT2D eigenvalue weighted by Gasteiger charge is -2.19. The molecule has 1 aliphatic rings. The average Bonchev–Trinajstić information content (AvgIpc) is 3.14. The first kappa shape index (κ1) is 22.2. The summed E-state index contributed by atoms with van der Waals surface area (Å²) in [4.78, 5) is 24.7. The number of hydrogen-bond donors (Lipinski definition) is 3. The van der Waals surface area contributed by atoms with Crippen molar-refractivity contribution in [2.75, 3.05) is 17.9 Å². The fourth-order valence-electron chi connectivity index (χ4n) is 3.24. The average molecular weight is 471 g/mol. The predicted molar refractivity (Wildman–Crippen MR) is 118 cm³/mol. The van der Waals surface area contributed by atoms with Crippen molar-refractivity contribution >= 4 is 27.5 Å². The van der Waals surface area contributed by atoms with Gasteiger partial charge in [-0.1, -0.05) is 6.07 Å². The van der Waals surface area contributed by atoms with Crippen molar-refractivity contribution in [3.63, 3.8) is 0 Å². The standard InChI is InChI=1S/C22H21N3O7S/c1-13-10-18(14(2)32-13)22(27)24-23-21(26)15-4-3-5-16(11-15)25-33(28,29)17-6-7-19-20(12-17)31-9-8-30-19/h3-7,10-12,25H,8-9H2,1-2H3,(H,23,26)(H,24,27). The van der Waals surface area contributed by atoms with Crippen molar-refractivity contribution in [2.45, 2.75) is 18.7 Å². The summed E-state index contributed by atoms with van der Waals surface area (Å²) < 4.78 is 44.2. The Morgan fingerprint density at radius 3 is 2.33 bits per heavy atom. The third-order valence-electron chi connectivity index (χ3n) is 4.78. The summed E-state index contributed by atoms with van der Waals surface area (Å²) in [7, 11) is -3.95. The highest BCUT2D eigenvalue weighted by Crippen LogP contribution is 2.32. The number of hydrogen-bond acceptors (Lipinski definition) is 7. The Labute approximate surface area is 189 Å². The van der Waals surface area contributed by atoms with Gasteiger partial charge in [0.05, 0.1) is 10.5 Å². The molecule has 0 aliphatic carbocycles. The first-order chi connectivity index (χ1) is 15.7. The van der Waals surface area contributed by atoms with Crippen LogP contribution in [0.2, 0.25) is 0 Å². The largest absolute Gasteiger partial charge is 0.486 e. The van der Waals surface area contributed by atoms with E-state index in [9.17, 15) is 18.0 Å². The van der Waals surface area contributed by atoms with Crippen LogP contribution in [0.1, 0.15) is 32.2 Å². The second kappa shape index (κ2) is 8.87. The minimum atomic E-state index is -3.95. The van der Waals surface area contributed by atoms with E-state index in [1.54, 1.807) is 19.9 Å². The van der Waals surface area contributed by atoms with Crippen LogP contribution in [-0.2, 0) is 10.0 Å². The van der Waals surface area contributed by atoms with Crippen molar-refractivity contribution < 1.29 is 31.9 Å². The van der Waals surface area contributed by atoms with Crippen LogP contribution < -0.4 is 25.0 Å². The molecule has 33 heavy (non-hydrogen) atoms. The van der Waals surface area contributed by atoms with Gasteiger partial charge in [0.15, 0.2) is 11.5 Å². The van der Waals surface area contributed by atoms with E-state index in [0.717, 1.165) is 0 Å². The molecule has 0 fully saturated rings. The number of ether oxygens (including phenoxy) is 2. The monoisotopic (exact) mass is 471 g/mol. The number of benzene rings is 2. The maximum atomic E-state index is 12.8. The number of rotatable bonds is 5. The van der Waals surface area contributed by atoms with Crippen LogP contribution in [0.15, 0.2) is 57.8 Å². The van der Waals surface area contributed by atoms with Gasteiger partial charge in [-0.05, 0) is 50.2 Å². The lowest BCUT2D eigenvalue weighted by atomic mass is 10.2. The van der Waals surface area contributed by atoms with E-state index in [1.807, 2.05) is 0 Å². The summed E-state index contributed by atoms with van der Waals surface area (Å²) in [6.07, 6.45) is 0. The zero-order valence-electron chi connectivity index (χ0n) is 17.8. The highest BCUT2D eigenvalue weighted by molar-refractivity contribution is 7.92. The van der Waals surface area contributed by atoms with E-state index >= 15 is 0 Å². The van der Waals surface area contributed by atoms with E-state index in [0.29, 0.717) is 41.8 Å². The van der Waals surface area contributed by atoms with Gasteiger partial charge in [-0.15, -0.1) is 0 Å². The number of amides is 2. The van der Waals surface area contributed by atoms with Gasteiger partial charge >= 0.3 is 0 Å². The molecule has 10 nitrogen and oxygen atoms in total. The molecule has 0 spiro atoms. The Bertz CT molecular complexity index is 1330. The van der Waals surface area contributed by atoms with E-state index in [4.69, 9.17) is 13.9 Å². The summed E-state index contributed by atoms with van der Waals surface area (Å²) >= 11 is 0. The number of sulfonamides is 1. The third-order valence-corrected chi connectivity index (χ3v) is 6.16. The molecular weight excluding hydrogens is 450 g/mol. The fraction of sp³-hybridized carbons (Fsp3) is 0.182. The molecule has 2 heterocycles. The SMILES string of the molecule is Cc1cc(C(=O)NNC(=O)c2cccc(NS(=O)(=O)c3ccc4c(c3)OCCO4)c2)c(C)o1. The molecule has 2 aromatic carbocycles. The van der Waals surface area contributed by atoms with E-state index in [1.165, 1.54) is 42.5 Å². The van der Waals surface area contributed by atoms with Crippen molar-refractivity contribution in [2.24, 2.45) is 0 Å². The van der Waals surface area contributed by atoms with Crippen molar-refractivity contribution in [3.8, 4) is 11.5 Å². The van der Waals surface area contributed by atoms with Gasteiger partial charge in [-0.3, -0.25) is 25.2 Å². The van der Waals surface area contributed by atoms with E-state index in [-0.39, 0.29) is 16.1 Å². The van der Waals surface area contributed by atoms with Crippen LogP contribution in [0.4, 0.5) is 5.69 Å². The van der Waals surface area contributed by atoms with Crippen molar-refractivity contribution in [1.29, 1.82) is 0 Å². The first-order valence-electron chi connectivity index (χ1n) is 9.93. The van der Waals surface area contributed by atoms with Crippen LogP contribution in [-0.4, -0.2) is 33.4 Å². The summed E-state index contributed by atoms with van der Waals surface area (Å²) in [5.41, 5.74) is 5.22. The van der Waals surface area contributed by atoms with Gasteiger partial charge in [0.25, 0.3) is 21.8 Å². The number of anilines is 1. The number of hydrazine groups is 1. The van der Waals surface area contributed by atoms with Crippen molar-refractivity contribution in [3.05, 3.63) is 71.2 Å². The number of fused-ring (bicyclic) bond motifs is 1. The van der Waals surface area contributed by atoms with Gasteiger partial charge in [0.2, 0.25) is 0 Å². The smallest absolute Gasteiger partial charge is 0.273 e. The molecule has 172 valence electrons. The normalized spacial score (nSPS) is 12.7. The van der Waals surface area contributed by atoms with E-state index in [2.05, 4.69) is 15.6 Å². The zero-order valence-corrected chi connectivity index (χ0v) is 18.6. The molecule has 0 atom stereocenters. The molecule has 0 bridgehead atoms. The quantitative estimate of drug-likeness (QED) is 0.487. The van der Waals surface area contributed by atoms with Crippen LogP contribution in [0, 0.1) is 13.8 Å². The summed E-state index contributed by atoms with van der Waals surface area (Å²) in [6.45, 7) is 4.08. The Balaban J connectivity index is 1.44. The molecule has 0 unspecified atom stereocenters. The predicted octanol–water partition coefficient (Wildman–Crippen LogP) is 2.54. The highest BCUT2D eigenvalue weighted by atomic mass is 32.2. The highest BCUT2D eigenvalue weighted by Gasteiger charge is 2.20. The molecule has 3 N–H and O–H groups in total. The lowest BCUT2D eigenvalue weighted by molar-refractivity contribution is 0.0845. The molecule has 2 amide bonds. The van der Waals surface area contributed by atoms with Gasteiger partial charge in [0, 0.05) is 17.3 Å². The number of aryl methyl sites for hydroxylation is 2. The molecule has 1 aliphatic heterocycles. The Morgan fingerprint density at radius 1 is 0.879 bits per heavy atom. The molecule has 1 aromatic heterocycles. The molecule has 4 rings (SSSR count). The number of nitrogens with one attached hydrogen (secondary N) is 3. The van der Waals surface area contributed by atoms with Gasteiger partial charge in [-0.2, -0.15) is 0 Å². The number of furan rings is 1.